The van der Waals surface area contributed by atoms with E-state index in [-0.39, 0.29) is 5.91 Å². The summed E-state index contributed by atoms with van der Waals surface area (Å²) < 4.78 is 6.32. The quantitative estimate of drug-likeness (QED) is 0.401. The van der Waals surface area contributed by atoms with Crippen molar-refractivity contribution in [3.05, 3.63) is 76.3 Å². The average Bonchev–Trinajstić information content (AvgIpc) is 3.13. The van der Waals surface area contributed by atoms with Crippen molar-refractivity contribution in [3.63, 3.8) is 0 Å². The van der Waals surface area contributed by atoms with Crippen molar-refractivity contribution in [2.75, 3.05) is 12.4 Å². The number of benzene rings is 3. The summed E-state index contributed by atoms with van der Waals surface area (Å²) >= 11 is 14.3. The summed E-state index contributed by atoms with van der Waals surface area (Å²) in [4.78, 5) is 17.4. The number of anilines is 1. The number of amides is 1. The lowest BCUT2D eigenvalue weighted by Crippen LogP contribution is -2.13. The van der Waals surface area contributed by atoms with Gasteiger partial charge in [0.2, 0.25) is 0 Å². The highest BCUT2D eigenvalue weighted by molar-refractivity contribution is 7.21. The van der Waals surface area contributed by atoms with Crippen LogP contribution in [-0.4, -0.2) is 18.0 Å². The maximum atomic E-state index is 12.7. The van der Waals surface area contributed by atoms with Crippen LogP contribution < -0.4 is 10.1 Å². The molecule has 1 aromatic heterocycles. The van der Waals surface area contributed by atoms with E-state index in [4.69, 9.17) is 27.9 Å². The van der Waals surface area contributed by atoms with Crippen molar-refractivity contribution in [1.82, 2.24) is 4.98 Å². The van der Waals surface area contributed by atoms with Gasteiger partial charge in [-0.25, -0.2) is 4.98 Å². The van der Waals surface area contributed by atoms with Gasteiger partial charge in [0.15, 0.2) is 0 Å². The Balaban J connectivity index is 1.72. The molecule has 0 fully saturated rings. The number of aromatic nitrogens is 1. The monoisotopic (exact) mass is 428 g/mol. The van der Waals surface area contributed by atoms with Crippen molar-refractivity contribution >= 4 is 56.3 Å². The molecule has 0 saturated carbocycles. The van der Waals surface area contributed by atoms with E-state index < -0.39 is 0 Å². The van der Waals surface area contributed by atoms with Crippen molar-refractivity contribution in [1.29, 1.82) is 0 Å². The van der Waals surface area contributed by atoms with Crippen LogP contribution in [0.5, 0.6) is 5.75 Å². The summed E-state index contributed by atoms with van der Waals surface area (Å²) in [7, 11) is 1.52. The SMILES string of the molecule is COc1ccccc1C(=O)Nc1cc(-c2nc3ccccc3s2)c(Cl)cc1Cl. The smallest absolute Gasteiger partial charge is 0.259 e. The number of nitrogens with one attached hydrogen (secondary N) is 1. The van der Waals surface area contributed by atoms with E-state index >= 15 is 0 Å². The van der Waals surface area contributed by atoms with Gasteiger partial charge in [-0.15, -0.1) is 11.3 Å². The molecule has 0 aliphatic carbocycles. The van der Waals surface area contributed by atoms with Gasteiger partial charge in [-0.3, -0.25) is 4.79 Å². The lowest BCUT2D eigenvalue weighted by atomic mass is 10.1. The molecule has 140 valence electrons. The topological polar surface area (TPSA) is 51.2 Å². The second-order valence-electron chi connectivity index (χ2n) is 5.95. The Kier molecular flexibility index (Phi) is 5.22. The number of methoxy groups -OCH3 is 1. The van der Waals surface area contributed by atoms with Gasteiger partial charge in [-0.05, 0) is 36.4 Å². The third-order valence-electron chi connectivity index (χ3n) is 4.18. The lowest BCUT2D eigenvalue weighted by molar-refractivity contribution is 0.102. The van der Waals surface area contributed by atoms with E-state index in [0.29, 0.717) is 32.6 Å². The molecule has 0 unspecified atom stereocenters. The van der Waals surface area contributed by atoms with Crippen LogP contribution in [-0.2, 0) is 0 Å². The molecule has 4 rings (SSSR count). The number of nitrogens with zero attached hydrogens (tertiary/aromatic N) is 1. The first-order valence-corrected chi connectivity index (χ1v) is 9.93. The zero-order valence-electron chi connectivity index (χ0n) is 14.7. The molecule has 0 aliphatic heterocycles. The Morgan fingerprint density at radius 1 is 1.04 bits per heavy atom. The molecule has 7 heteroatoms. The molecule has 4 aromatic rings. The zero-order chi connectivity index (χ0) is 19.7. The van der Waals surface area contributed by atoms with Crippen molar-refractivity contribution in [2.24, 2.45) is 0 Å². The summed E-state index contributed by atoms with van der Waals surface area (Å²) in [5, 5.41) is 4.42. The van der Waals surface area contributed by atoms with E-state index in [1.54, 1.807) is 36.4 Å². The van der Waals surface area contributed by atoms with Gasteiger partial charge < -0.3 is 10.1 Å². The van der Waals surface area contributed by atoms with Crippen LogP contribution in [0.4, 0.5) is 5.69 Å². The molecule has 28 heavy (non-hydrogen) atoms. The van der Waals surface area contributed by atoms with E-state index in [9.17, 15) is 4.79 Å². The molecule has 0 bridgehead atoms. The molecular formula is C21H14Cl2N2O2S. The van der Waals surface area contributed by atoms with E-state index in [1.807, 2.05) is 24.3 Å². The van der Waals surface area contributed by atoms with Crippen LogP contribution in [0.1, 0.15) is 10.4 Å². The number of hydrogen-bond donors (Lipinski definition) is 1. The fourth-order valence-corrected chi connectivity index (χ4v) is 4.39. The maximum Gasteiger partial charge on any atom is 0.259 e. The van der Waals surface area contributed by atoms with Gasteiger partial charge in [0.25, 0.3) is 5.91 Å². The molecule has 1 N–H and O–H groups in total. The van der Waals surface area contributed by atoms with Crippen molar-refractivity contribution in [3.8, 4) is 16.3 Å². The Labute approximate surface area is 175 Å². The first kappa shape index (κ1) is 18.7. The number of hydrogen-bond acceptors (Lipinski definition) is 4. The van der Waals surface area contributed by atoms with Crippen LogP contribution in [0.15, 0.2) is 60.7 Å². The number of thiazole rings is 1. The maximum absolute atomic E-state index is 12.7. The Bertz CT molecular complexity index is 1160. The van der Waals surface area contributed by atoms with Gasteiger partial charge in [0, 0.05) is 5.56 Å². The minimum absolute atomic E-state index is 0.322. The third-order valence-corrected chi connectivity index (χ3v) is 5.88. The van der Waals surface area contributed by atoms with E-state index in [2.05, 4.69) is 10.3 Å². The Hall–Kier alpha value is -2.60. The van der Waals surface area contributed by atoms with Crippen molar-refractivity contribution in [2.45, 2.75) is 0 Å². The van der Waals surface area contributed by atoms with Crippen molar-refractivity contribution < 1.29 is 9.53 Å². The van der Waals surface area contributed by atoms with Gasteiger partial charge in [0.05, 0.1) is 38.6 Å². The zero-order valence-corrected chi connectivity index (χ0v) is 17.0. The molecule has 1 heterocycles. The summed E-state index contributed by atoms with van der Waals surface area (Å²) in [6, 6.07) is 18.2. The number of para-hydroxylation sites is 2. The minimum Gasteiger partial charge on any atom is -0.496 e. The fourth-order valence-electron chi connectivity index (χ4n) is 2.82. The van der Waals surface area contributed by atoms with Crippen LogP contribution in [0.2, 0.25) is 10.0 Å². The predicted octanol–water partition coefficient (Wildman–Crippen LogP) is 6.53. The first-order valence-electron chi connectivity index (χ1n) is 8.36. The van der Waals surface area contributed by atoms with E-state index in [1.165, 1.54) is 18.4 Å². The van der Waals surface area contributed by atoms with Gasteiger partial charge in [0.1, 0.15) is 10.8 Å². The predicted molar refractivity (Wildman–Crippen MR) is 116 cm³/mol. The number of carbonyl (C=O) groups is 1. The Morgan fingerprint density at radius 2 is 1.79 bits per heavy atom. The molecule has 0 radical (unpaired) electrons. The van der Waals surface area contributed by atoms with Crippen LogP contribution in [0.3, 0.4) is 0 Å². The highest BCUT2D eigenvalue weighted by atomic mass is 35.5. The standard InChI is InChI=1S/C21H14Cl2N2O2S/c1-27-18-8-4-2-6-12(18)20(26)24-17-10-13(14(22)11-15(17)23)21-25-16-7-3-5-9-19(16)28-21/h2-11H,1H3,(H,24,26). The fraction of sp³-hybridized carbons (Fsp3) is 0.0476. The minimum atomic E-state index is -0.322. The highest BCUT2D eigenvalue weighted by Crippen LogP contribution is 2.39. The highest BCUT2D eigenvalue weighted by Gasteiger charge is 2.17. The normalized spacial score (nSPS) is 10.8. The van der Waals surface area contributed by atoms with Gasteiger partial charge in [-0.1, -0.05) is 47.5 Å². The molecule has 1 amide bonds. The van der Waals surface area contributed by atoms with Gasteiger partial charge in [-0.2, -0.15) is 0 Å². The molecule has 4 nitrogen and oxygen atoms in total. The molecule has 0 aliphatic rings. The van der Waals surface area contributed by atoms with Crippen LogP contribution >= 0.6 is 34.5 Å². The molecule has 3 aromatic carbocycles. The largest absolute Gasteiger partial charge is 0.496 e. The summed E-state index contributed by atoms with van der Waals surface area (Å²) in [6.07, 6.45) is 0. The number of halogens is 2. The number of carbonyl (C=O) groups excluding carboxylic acids is 1. The summed E-state index contributed by atoms with van der Waals surface area (Å²) in [5.41, 5.74) is 2.48. The summed E-state index contributed by atoms with van der Waals surface area (Å²) in [5.74, 6) is 0.161. The molecule has 0 saturated heterocycles. The van der Waals surface area contributed by atoms with Crippen LogP contribution in [0.25, 0.3) is 20.8 Å². The number of rotatable bonds is 4. The number of ether oxygens (including phenoxy) is 1. The number of fused-ring (bicyclic) bond motifs is 1. The second kappa shape index (κ2) is 7.80. The third kappa shape index (κ3) is 3.56. The Morgan fingerprint density at radius 3 is 2.57 bits per heavy atom. The summed E-state index contributed by atoms with van der Waals surface area (Å²) in [6.45, 7) is 0. The average molecular weight is 429 g/mol. The van der Waals surface area contributed by atoms with Crippen LogP contribution in [0, 0.1) is 0 Å². The second-order valence-corrected chi connectivity index (χ2v) is 7.80. The molecular weight excluding hydrogens is 415 g/mol. The molecule has 0 atom stereocenters. The lowest BCUT2D eigenvalue weighted by Gasteiger charge is -2.12. The van der Waals surface area contributed by atoms with Gasteiger partial charge >= 0.3 is 0 Å². The molecule has 0 spiro atoms. The first-order chi connectivity index (χ1) is 13.6. The van der Waals surface area contributed by atoms with E-state index in [0.717, 1.165) is 15.2 Å².